The SMILES string of the molecule is O=C(O)CC(=O)O.[NH-]CC(O)CN/C=C1/C=CC=CC1=O.[Pt]. The molecule has 9 heteroatoms. The third kappa shape index (κ3) is 12.0. The summed E-state index contributed by atoms with van der Waals surface area (Å²) in [7, 11) is 0. The Morgan fingerprint density at radius 2 is 1.77 bits per heavy atom. The van der Waals surface area contributed by atoms with Gasteiger partial charge in [0.05, 0.1) is 6.10 Å². The molecule has 0 saturated carbocycles. The largest absolute Gasteiger partial charge is 0.675 e. The van der Waals surface area contributed by atoms with Crippen LogP contribution >= 0.6 is 0 Å². The molecule has 0 amide bonds. The average Bonchev–Trinajstić information content (AvgIpc) is 2.40. The van der Waals surface area contributed by atoms with Gasteiger partial charge in [-0.1, -0.05) is 12.2 Å². The number of nitrogens with one attached hydrogen (secondary N) is 2. The van der Waals surface area contributed by atoms with Crippen LogP contribution in [0.3, 0.4) is 0 Å². The number of ketones is 1. The molecular formula is C13H17N2O6Pt-. The topological polar surface area (TPSA) is 148 Å². The minimum absolute atomic E-state index is 0. The molecule has 8 nitrogen and oxygen atoms in total. The van der Waals surface area contributed by atoms with E-state index in [4.69, 9.17) is 21.1 Å². The fourth-order valence-electron chi connectivity index (χ4n) is 1.11. The second-order valence-electron chi connectivity index (χ2n) is 3.91. The smallest absolute Gasteiger partial charge is 0.314 e. The number of carbonyl (C=O) groups is 3. The van der Waals surface area contributed by atoms with Gasteiger partial charge in [0.25, 0.3) is 0 Å². The van der Waals surface area contributed by atoms with Crippen LogP contribution in [0.4, 0.5) is 0 Å². The summed E-state index contributed by atoms with van der Waals surface area (Å²) in [6.07, 6.45) is 6.69. The van der Waals surface area contributed by atoms with Gasteiger partial charge in [-0.25, -0.2) is 0 Å². The van der Waals surface area contributed by atoms with Crippen LogP contribution in [0.5, 0.6) is 0 Å². The maximum atomic E-state index is 11.2. The van der Waals surface area contributed by atoms with Crippen molar-refractivity contribution in [2.45, 2.75) is 12.5 Å². The Kier molecular flexibility index (Phi) is 13.2. The number of carboxylic acid groups (broad SMARTS) is 2. The minimum Gasteiger partial charge on any atom is -0.675 e. The summed E-state index contributed by atoms with van der Waals surface area (Å²) in [5, 5.41) is 27.3. The van der Waals surface area contributed by atoms with Gasteiger partial charge in [0.15, 0.2) is 5.78 Å². The monoisotopic (exact) mass is 492 g/mol. The van der Waals surface area contributed by atoms with Crippen molar-refractivity contribution in [3.8, 4) is 0 Å². The maximum absolute atomic E-state index is 11.2. The van der Waals surface area contributed by atoms with E-state index >= 15 is 0 Å². The van der Waals surface area contributed by atoms with Gasteiger partial charge >= 0.3 is 11.9 Å². The van der Waals surface area contributed by atoms with Crippen LogP contribution in [0.1, 0.15) is 6.42 Å². The van der Waals surface area contributed by atoms with Crippen molar-refractivity contribution < 1.29 is 50.8 Å². The first-order valence-corrected chi connectivity index (χ1v) is 5.95. The van der Waals surface area contributed by atoms with Crippen molar-refractivity contribution in [1.29, 1.82) is 0 Å². The van der Waals surface area contributed by atoms with Crippen molar-refractivity contribution in [1.82, 2.24) is 5.32 Å². The second kappa shape index (κ2) is 12.9. The van der Waals surface area contributed by atoms with Gasteiger partial charge in [-0.15, -0.1) is 6.54 Å². The van der Waals surface area contributed by atoms with Crippen LogP contribution in [0.2, 0.25) is 0 Å². The van der Waals surface area contributed by atoms with E-state index in [-0.39, 0.29) is 39.9 Å². The van der Waals surface area contributed by atoms with Gasteiger partial charge in [0.1, 0.15) is 6.42 Å². The number of carbonyl (C=O) groups excluding carboxylic acids is 1. The van der Waals surface area contributed by atoms with Gasteiger partial charge in [-0.05, 0) is 12.2 Å². The number of carboxylic acids is 2. The normalized spacial score (nSPS) is 15.4. The molecule has 0 bridgehead atoms. The molecule has 0 aromatic heterocycles. The van der Waals surface area contributed by atoms with Gasteiger partial charge in [-0.3, -0.25) is 14.4 Å². The van der Waals surface area contributed by atoms with E-state index in [1.165, 1.54) is 6.08 Å². The summed E-state index contributed by atoms with van der Waals surface area (Å²) in [4.78, 5) is 30.1. The molecule has 22 heavy (non-hydrogen) atoms. The summed E-state index contributed by atoms with van der Waals surface area (Å²) < 4.78 is 0. The molecule has 1 rings (SSSR count). The average molecular weight is 492 g/mol. The Labute approximate surface area is 141 Å². The summed E-state index contributed by atoms with van der Waals surface area (Å²) in [6.45, 7) is 0.248. The third-order valence-electron chi connectivity index (χ3n) is 2.07. The number of aliphatic carboxylic acids is 2. The van der Waals surface area contributed by atoms with Crippen molar-refractivity contribution in [2.75, 3.05) is 13.1 Å². The molecule has 0 aromatic rings. The third-order valence-corrected chi connectivity index (χ3v) is 2.07. The molecule has 0 spiro atoms. The van der Waals surface area contributed by atoms with E-state index < -0.39 is 24.5 Å². The molecule has 1 atom stereocenters. The molecule has 5 N–H and O–H groups in total. The van der Waals surface area contributed by atoms with Crippen LogP contribution in [-0.4, -0.2) is 52.2 Å². The van der Waals surface area contributed by atoms with E-state index in [2.05, 4.69) is 5.32 Å². The quantitative estimate of drug-likeness (QED) is 0.304. The van der Waals surface area contributed by atoms with Gasteiger partial charge in [0, 0.05) is 39.4 Å². The van der Waals surface area contributed by atoms with Crippen LogP contribution in [-0.2, 0) is 35.4 Å². The van der Waals surface area contributed by atoms with Gasteiger partial charge in [0.2, 0.25) is 0 Å². The standard InChI is InChI=1S/C10H13N2O2.C3H4O4.Pt/c11-5-9(13)7-12-6-8-3-1-2-4-10(8)14;4-2(5)1-3(6)7;/h1-4,6,9,11-13H,5,7H2;1H2,(H,4,5)(H,6,7);/q-1;;/b8-6-;;. The first-order valence-electron chi connectivity index (χ1n) is 5.95. The van der Waals surface area contributed by atoms with Crippen molar-refractivity contribution >= 4 is 17.7 Å². The molecule has 1 unspecified atom stereocenters. The Hall–Kier alpha value is -1.76. The predicted molar refractivity (Wildman–Crippen MR) is 74.5 cm³/mol. The molecule has 0 heterocycles. The fourth-order valence-corrected chi connectivity index (χ4v) is 1.11. The zero-order valence-electron chi connectivity index (χ0n) is 11.5. The Bertz CT molecular complexity index is 461. The zero-order valence-corrected chi connectivity index (χ0v) is 13.7. The Balaban J connectivity index is 0. The first kappa shape index (κ1) is 22.5. The predicted octanol–water partition coefficient (Wildman–Crippen LogP) is 0.111. The van der Waals surface area contributed by atoms with Crippen LogP contribution < -0.4 is 5.32 Å². The van der Waals surface area contributed by atoms with Gasteiger partial charge < -0.3 is 26.4 Å². The Morgan fingerprint density at radius 1 is 1.23 bits per heavy atom. The van der Waals surface area contributed by atoms with E-state index in [0.29, 0.717) is 5.57 Å². The number of hydrogen-bond acceptors (Lipinski definition) is 5. The first-order chi connectivity index (χ1) is 9.86. The van der Waals surface area contributed by atoms with Crippen molar-refractivity contribution in [3.63, 3.8) is 0 Å². The molecule has 0 aliphatic heterocycles. The summed E-state index contributed by atoms with van der Waals surface area (Å²) >= 11 is 0. The van der Waals surface area contributed by atoms with Crippen molar-refractivity contribution in [3.05, 3.63) is 41.8 Å². The molecule has 0 saturated heterocycles. The van der Waals surface area contributed by atoms with Crippen LogP contribution in [0.15, 0.2) is 36.1 Å². The Morgan fingerprint density at radius 3 is 2.18 bits per heavy atom. The minimum atomic E-state index is -1.31. The fraction of sp³-hybridized carbons (Fsp3) is 0.308. The van der Waals surface area contributed by atoms with Crippen LogP contribution in [0.25, 0.3) is 5.73 Å². The number of aliphatic hydroxyl groups is 1. The molecular weight excluding hydrogens is 475 g/mol. The molecule has 0 aromatic carbocycles. The molecule has 1 aliphatic rings. The summed E-state index contributed by atoms with van der Waals surface area (Å²) in [5.41, 5.74) is 7.43. The van der Waals surface area contributed by atoms with E-state index in [9.17, 15) is 14.4 Å². The van der Waals surface area contributed by atoms with Crippen LogP contribution in [0, 0.1) is 0 Å². The zero-order chi connectivity index (χ0) is 16.3. The molecule has 1 aliphatic carbocycles. The van der Waals surface area contributed by atoms with Gasteiger partial charge in [-0.2, -0.15) is 0 Å². The molecule has 126 valence electrons. The van der Waals surface area contributed by atoms with E-state index in [1.54, 1.807) is 24.4 Å². The summed E-state index contributed by atoms with van der Waals surface area (Å²) in [5.74, 6) is -2.68. The van der Waals surface area contributed by atoms with E-state index in [0.717, 1.165) is 0 Å². The number of rotatable bonds is 6. The second-order valence-corrected chi connectivity index (χ2v) is 3.91. The number of allylic oxidation sites excluding steroid dienone is 5. The number of hydrogen-bond donors (Lipinski definition) is 4. The maximum Gasteiger partial charge on any atom is 0.314 e. The number of aliphatic hydroxyl groups excluding tert-OH is 1. The summed E-state index contributed by atoms with van der Waals surface area (Å²) in [6, 6.07) is 0. The van der Waals surface area contributed by atoms with E-state index in [1.807, 2.05) is 0 Å². The molecule has 0 fully saturated rings. The van der Waals surface area contributed by atoms with Crippen molar-refractivity contribution in [2.24, 2.45) is 0 Å². The molecule has 0 radical (unpaired) electrons.